The molecule has 0 aliphatic heterocycles. The number of rotatable bonds is 4. The van der Waals surface area contributed by atoms with E-state index in [2.05, 4.69) is 45.1 Å². The van der Waals surface area contributed by atoms with Gasteiger partial charge in [-0.25, -0.2) is 4.98 Å². The first-order chi connectivity index (χ1) is 9.86. The molecule has 0 radical (unpaired) electrons. The molecule has 4 heteroatoms. The van der Waals surface area contributed by atoms with Gasteiger partial charge in [-0.2, -0.15) is 0 Å². The molecule has 114 valence electrons. The maximum atomic E-state index is 5.33. The summed E-state index contributed by atoms with van der Waals surface area (Å²) in [5.41, 5.74) is 3.54. The minimum atomic E-state index is 0.0580. The number of aromatic nitrogens is 1. The number of methoxy groups -OCH3 is 1. The minimum Gasteiger partial charge on any atom is -0.496 e. The predicted octanol–water partition coefficient (Wildman–Crippen LogP) is 4.14. The van der Waals surface area contributed by atoms with Gasteiger partial charge in [0.2, 0.25) is 0 Å². The predicted molar refractivity (Wildman–Crippen MR) is 90.3 cm³/mol. The number of ether oxygens (including phenoxy) is 1. The maximum Gasteiger partial charge on any atom is 0.123 e. The van der Waals surface area contributed by atoms with E-state index >= 15 is 0 Å². The summed E-state index contributed by atoms with van der Waals surface area (Å²) in [5, 5.41) is 4.32. The van der Waals surface area contributed by atoms with Crippen LogP contribution < -0.4 is 10.1 Å². The second-order valence-electron chi connectivity index (χ2n) is 6.26. The molecule has 0 saturated heterocycles. The molecule has 0 aliphatic carbocycles. The third kappa shape index (κ3) is 3.44. The number of thiazole rings is 1. The lowest BCUT2D eigenvalue weighted by Gasteiger charge is -2.17. The van der Waals surface area contributed by atoms with Crippen LogP contribution >= 0.6 is 11.3 Å². The average Bonchev–Trinajstić information content (AvgIpc) is 2.83. The van der Waals surface area contributed by atoms with E-state index in [1.807, 2.05) is 13.1 Å². The van der Waals surface area contributed by atoms with Crippen LogP contribution in [-0.2, 0) is 12.0 Å². The zero-order valence-electron chi connectivity index (χ0n) is 13.7. The molecule has 1 heterocycles. The Morgan fingerprint density at radius 3 is 2.52 bits per heavy atom. The first-order valence-corrected chi connectivity index (χ1v) is 7.98. The highest BCUT2D eigenvalue weighted by Gasteiger charge is 2.23. The lowest BCUT2D eigenvalue weighted by atomic mass is 9.91. The van der Waals surface area contributed by atoms with Crippen LogP contribution in [-0.4, -0.2) is 19.1 Å². The van der Waals surface area contributed by atoms with Gasteiger partial charge in [0.25, 0.3) is 0 Å². The smallest absolute Gasteiger partial charge is 0.123 e. The van der Waals surface area contributed by atoms with E-state index < -0.39 is 0 Å². The maximum absolute atomic E-state index is 5.33. The van der Waals surface area contributed by atoms with Gasteiger partial charge in [0.1, 0.15) is 10.8 Å². The molecule has 2 rings (SSSR count). The molecule has 0 fully saturated rings. The third-order valence-electron chi connectivity index (χ3n) is 3.39. The molecule has 2 aromatic rings. The van der Waals surface area contributed by atoms with Gasteiger partial charge in [-0.3, -0.25) is 0 Å². The van der Waals surface area contributed by atoms with Gasteiger partial charge in [0.05, 0.1) is 12.8 Å². The normalized spacial score (nSPS) is 11.7. The molecule has 0 amide bonds. The molecule has 0 spiro atoms. The van der Waals surface area contributed by atoms with E-state index in [1.165, 1.54) is 10.6 Å². The van der Waals surface area contributed by atoms with E-state index in [0.29, 0.717) is 0 Å². The molecule has 0 atom stereocenters. The second-order valence-corrected chi connectivity index (χ2v) is 7.34. The monoisotopic (exact) mass is 304 g/mol. The van der Waals surface area contributed by atoms with Crippen LogP contribution in [0.2, 0.25) is 0 Å². The molecular formula is C17H24N2OS. The second kappa shape index (κ2) is 6.16. The summed E-state index contributed by atoms with van der Waals surface area (Å²) in [7, 11) is 3.68. The molecule has 0 bridgehead atoms. The highest BCUT2D eigenvalue weighted by Crippen LogP contribution is 2.35. The molecule has 0 saturated carbocycles. The lowest BCUT2D eigenvalue weighted by Crippen LogP contribution is -2.16. The summed E-state index contributed by atoms with van der Waals surface area (Å²) in [4.78, 5) is 6.22. The molecule has 1 aromatic carbocycles. The van der Waals surface area contributed by atoms with E-state index in [0.717, 1.165) is 28.4 Å². The van der Waals surface area contributed by atoms with Crippen molar-refractivity contribution in [3.63, 3.8) is 0 Å². The van der Waals surface area contributed by atoms with Gasteiger partial charge in [-0.1, -0.05) is 20.8 Å². The van der Waals surface area contributed by atoms with E-state index in [-0.39, 0.29) is 5.41 Å². The molecule has 3 nitrogen and oxygen atoms in total. The number of benzene rings is 1. The van der Waals surface area contributed by atoms with Crippen LogP contribution in [0.3, 0.4) is 0 Å². The first kappa shape index (κ1) is 16.0. The topological polar surface area (TPSA) is 34.1 Å². The Balaban J connectivity index is 2.47. The van der Waals surface area contributed by atoms with Crippen LogP contribution in [0.4, 0.5) is 0 Å². The Labute approximate surface area is 131 Å². The van der Waals surface area contributed by atoms with Gasteiger partial charge in [-0.05, 0) is 37.7 Å². The van der Waals surface area contributed by atoms with Gasteiger partial charge in [-0.15, -0.1) is 11.3 Å². The summed E-state index contributed by atoms with van der Waals surface area (Å²) in [6, 6.07) is 6.24. The highest BCUT2D eigenvalue weighted by molar-refractivity contribution is 7.15. The third-order valence-corrected chi connectivity index (χ3v) is 4.49. The fraction of sp³-hybridized carbons (Fsp3) is 0.471. The number of nitrogens with one attached hydrogen (secondary N) is 1. The van der Waals surface area contributed by atoms with Crippen molar-refractivity contribution >= 4 is 11.3 Å². The van der Waals surface area contributed by atoms with Crippen molar-refractivity contribution in [3.8, 4) is 16.3 Å². The van der Waals surface area contributed by atoms with E-state index in [4.69, 9.17) is 9.72 Å². The Hall–Kier alpha value is -1.39. The standard InChI is InChI=1S/C17H24N2OS/c1-11-9-12(7-8-13(11)20-6)16-19-15(17(2,3)4)14(21-16)10-18-5/h7-9,18H,10H2,1-6H3. The first-order valence-electron chi connectivity index (χ1n) is 7.16. The minimum absolute atomic E-state index is 0.0580. The van der Waals surface area contributed by atoms with Gasteiger partial charge in [0, 0.05) is 22.4 Å². The molecular weight excluding hydrogens is 280 g/mol. The molecule has 1 N–H and O–H groups in total. The molecule has 0 aliphatic rings. The van der Waals surface area contributed by atoms with Crippen molar-refractivity contribution in [1.29, 1.82) is 0 Å². The van der Waals surface area contributed by atoms with Crippen LogP contribution in [0, 0.1) is 6.92 Å². The molecule has 21 heavy (non-hydrogen) atoms. The summed E-state index contributed by atoms with van der Waals surface area (Å²) in [5.74, 6) is 0.918. The van der Waals surface area contributed by atoms with Gasteiger partial charge in [0.15, 0.2) is 0 Å². The number of aryl methyl sites for hydroxylation is 1. The Morgan fingerprint density at radius 1 is 1.29 bits per heavy atom. The number of nitrogens with zero attached hydrogens (tertiary/aromatic N) is 1. The van der Waals surface area contributed by atoms with E-state index in [9.17, 15) is 0 Å². The zero-order chi connectivity index (χ0) is 15.6. The average molecular weight is 304 g/mol. The Bertz CT molecular complexity index is 626. The van der Waals surface area contributed by atoms with Crippen molar-refractivity contribution in [2.24, 2.45) is 0 Å². The van der Waals surface area contributed by atoms with Crippen molar-refractivity contribution in [2.75, 3.05) is 14.2 Å². The molecule has 0 unspecified atom stereocenters. The van der Waals surface area contributed by atoms with Crippen LogP contribution in [0.25, 0.3) is 10.6 Å². The number of hydrogen-bond donors (Lipinski definition) is 1. The highest BCUT2D eigenvalue weighted by atomic mass is 32.1. The summed E-state index contributed by atoms with van der Waals surface area (Å²) < 4.78 is 5.33. The van der Waals surface area contributed by atoms with Crippen LogP contribution in [0.15, 0.2) is 18.2 Å². The van der Waals surface area contributed by atoms with Crippen molar-refractivity contribution in [2.45, 2.75) is 39.7 Å². The summed E-state index contributed by atoms with van der Waals surface area (Å²) in [6.45, 7) is 9.56. The van der Waals surface area contributed by atoms with Gasteiger partial charge >= 0.3 is 0 Å². The summed E-state index contributed by atoms with van der Waals surface area (Å²) in [6.07, 6.45) is 0. The van der Waals surface area contributed by atoms with Crippen LogP contribution in [0.5, 0.6) is 5.75 Å². The van der Waals surface area contributed by atoms with Gasteiger partial charge < -0.3 is 10.1 Å². The zero-order valence-corrected chi connectivity index (χ0v) is 14.5. The number of hydrogen-bond acceptors (Lipinski definition) is 4. The Morgan fingerprint density at radius 2 is 2.00 bits per heavy atom. The fourth-order valence-corrected chi connectivity index (χ4v) is 3.63. The lowest BCUT2D eigenvalue weighted by molar-refractivity contribution is 0.412. The molecule has 1 aromatic heterocycles. The fourth-order valence-electron chi connectivity index (χ4n) is 2.35. The largest absolute Gasteiger partial charge is 0.496 e. The van der Waals surface area contributed by atoms with Crippen molar-refractivity contribution < 1.29 is 4.74 Å². The van der Waals surface area contributed by atoms with E-state index in [1.54, 1.807) is 18.4 Å². The quantitative estimate of drug-likeness (QED) is 0.921. The Kier molecular flexibility index (Phi) is 4.69. The summed E-state index contributed by atoms with van der Waals surface area (Å²) >= 11 is 1.77. The van der Waals surface area contributed by atoms with Crippen molar-refractivity contribution in [3.05, 3.63) is 34.3 Å². The van der Waals surface area contributed by atoms with Crippen molar-refractivity contribution in [1.82, 2.24) is 10.3 Å². The SMILES string of the molecule is CNCc1sc(-c2ccc(OC)c(C)c2)nc1C(C)(C)C. The van der Waals surface area contributed by atoms with Crippen LogP contribution in [0.1, 0.15) is 36.9 Å².